The van der Waals surface area contributed by atoms with Gasteiger partial charge in [-0.3, -0.25) is 9.97 Å². The Morgan fingerprint density at radius 1 is 0.938 bits per heavy atom. The number of pyridine rings is 2. The Labute approximate surface area is 185 Å². The Morgan fingerprint density at radius 2 is 1.75 bits per heavy atom. The van der Waals surface area contributed by atoms with Crippen LogP contribution in [0.4, 0.5) is 5.69 Å². The number of hydrogen-bond acceptors (Lipinski definition) is 5. The van der Waals surface area contributed by atoms with E-state index in [4.69, 9.17) is 0 Å². The summed E-state index contributed by atoms with van der Waals surface area (Å²) < 4.78 is 0. The third-order valence-corrected chi connectivity index (χ3v) is 5.58. The number of hydrogen-bond donors (Lipinski definition) is 0. The highest BCUT2D eigenvalue weighted by Crippen LogP contribution is 2.37. The fourth-order valence-electron chi connectivity index (χ4n) is 4.10. The summed E-state index contributed by atoms with van der Waals surface area (Å²) in [5.74, 6) is 0. The molecule has 0 saturated heterocycles. The number of aldehydes is 1. The number of aromatic nitrogens is 2. The summed E-state index contributed by atoms with van der Waals surface area (Å²) in [6, 6.07) is 22.8. The van der Waals surface area contributed by atoms with E-state index >= 15 is 0 Å². The van der Waals surface area contributed by atoms with Gasteiger partial charge in [-0.25, -0.2) is 0 Å². The monoisotopic (exact) mass is 414 g/mol. The van der Waals surface area contributed by atoms with E-state index in [2.05, 4.69) is 16.0 Å². The van der Waals surface area contributed by atoms with Gasteiger partial charge in [0.2, 0.25) is 0 Å². The van der Waals surface area contributed by atoms with Crippen molar-refractivity contribution in [3.63, 3.8) is 0 Å². The van der Waals surface area contributed by atoms with Crippen molar-refractivity contribution in [2.75, 3.05) is 4.90 Å². The summed E-state index contributed by atoms with van der Waals surface area (Å²) in [6.45, 7) is 0. The second kappa shape index (κ2) is 8.29. The molecule has 0 saturated carbocycles. The number of rotatable bonds is 4. The predicted molar refractivity (Wildman–Crippen MR) is 125 cm³/mol. The van der Waals surface area contributed by atoms with E-state index in [1.54, 1.807) is 24.7 Å². The number of benzene rings is 2. The van der Waals surface area contributed by atoms with Crippen molar-refractivity contribution in [1.82, 2.24) is 9.97 Å². The van der Waals surface area contributed by atoms with Gasteiger partial charge in [-0.05, 0) is 41.5 Å². The van der Waals surface area contributed by atoms with Gasteiger partial charge in [-0.15, -0.1) is 0 Å². The zero-order valence-corrected chi connectivity index (χ0v) is 17.1. The standard InChI is InChI=1S/C27H18N4O/c28-15-20-6-1-2-10-23(20)25-14-21(24-11-3-7-19-8-4-13-30-27(19)24)17-31(26(25)18-32)22-9-5-12-29-16-22/h1-14,16-18,26H. The second-order valence-corrected chi connectivity index (χ2v) is 7.42. The van der Waals surface area contributed by atoms with Crippen molar-refractivity contribution in [3.8, 4) is 6.07 Å². The van der Waals surface area contributed by atoms with Crippen molar-refractivity contribution < 1.29 is 4.79 Å². The Kier molecular flexibility index (Phi) is 5.03. The van der Waals surface area contributed by atoms with Crippen LogP contribution in [-0.4, -0.2) is 22.3 Å². The maximum Gasteiger partial charge on any atom is 0.147 e. The summed E-state index contributed by atoms with van der Waals surface area (Å²) in [4.78, 5) is 23.1. The van der Waals surface area contributed by atoms with E-state index < -0.39 is 6.04 Å². The smallest absolute Gasteiger partial charge is 0.147 e. The first-order valence-electron chi connectivity index (χ1n) is 10.2. The molecule has 1 aliphatic rings. The molecule has 0 bridgehead atoms. The number of nitriles is 1. The van der Waals surface area contributed by atoms with Gasteiger partial charge in [0.15, 0.2) is 0 Å². The topological polar surface area (TPSA) is 69.9 Å². The van der Waals surface area contributed by atoms with Crippen molar-refractivity contribution in [3.05, 3.63) is 114 Å². The molecule has 152 valence electrons. The maximum atomic E-state index is 12.4. The Morgan fingerprint density at radius 3 is 2.56 bits per heavy atom. The van der Waals surface area contributed by atoms with Crippen molar-refractivity contribution in [1.29, 1.82) is 5.26 Å². The second-order valence-electron chi connectivity index (χ2n) is 7.42. The van der Waals surface area contributed by atoms with Gasteiger partial charge in [-0.2, -0.15) is 5.26 Å². The SMILES string of the molecule is N#Cc1ccccc1C1=CC(c2cccc3cccnc23)=CN(c2cccnc2)C1C=O. The molecule has 1 unspecified atom stereocenters. The molecule has 0 fully saturated rings. The number of para-hydroxylation sites is 1. The zero-order chi connectivity index (χ0) is 21.9. The van der Waals surface area contributed by atoms with E-state index in [0.717, 1.165) is 45.1 Å². The fourth-order valence-corrected chi connectivity index (χ4v) is 4.10. The number of fused-ring (bicyclic) bond motifs is 1. The van der Waals surface area contributed by atoms with Crippen molar-refractivity contribution in [2.45, 2.75) is 6.04 Å². The molecular weight excluding hydrogens is 396 g/mol. The van der Waals surface area contributed by atoms with Gasteiger partial charge in [0.05, 0.1) is 29.0 Å². The van der Waals surface area contributed by atoms with E-state index in [0.29, 0.717) is 5.56 Å². The van der Waals surface area contributed by atoms with Crippen LogP contribution in [0.15, 0.2) is 97.6 Å². The van der Waals surface area contributed by atoms with Crippen LogP contribution in [-0.2, 0) is 4.79 Å². The lowest BCUT2D eigenvalue weighted by atomic mass is 9.88. The summed E-state index contributed by atoms with van der Waals surface area (Å²) >= 11 is 0. The number of allylic oxidation sites excluding steroid dienone is 2. The first-order valence-corrected chi connectivity index (χ1v) is 10.2. The molecule has 2 aromatic carbocycles. The molecule has 5 heteroatoms. The average molecular weight is 414 g/mol. The normalized spacial score (nSPS) is 15.6. The fraction of sp³-hybridized carbons (Fsp3) is 0.0370. The number of carbonyl (C=O) groups is 1. The lowest BCUT2D eigenvalue weighted by Crippen LogP contribution is -2.36. The van der Waals surface area contributed by atoms with Crippen LogP contribution in [0.25, 0.3) is 22.0 Å². The van der Waals surface area contributed by atoms with Crippen LogP contribution < -0.4 is 4.90 Å². The molecule has 32 heavy (non-hydrogen) atoms. The first-order chi connectivity index (χ1) is 15.8. The van der Waals surface area contributed by atoms with E-state index in [1.807, 2.05) is 77.8 Å². The molecular formula is C27H18N4O. The van der Waals surface area contributed by atoms with Crippen molar-refractivity contribution in [2.24, 2.45) is 0 Å². The number of carbonyl (C=O) groups excluding carboxylic acids is 1. The molecule has 0 aliphatic carbocycles. The minimum atomic E-state index is -0.597. The van der Waals surface area contributed by atoms with E-state index in [-0.39, 0.29) is 0 Å². The molecule has 4 aromatic rings. The largest absolute Gasteiger partial charge is 0.332 e. The zero-order valence-electron chi connectivity index (χ0n) is 17.1. The lowest BCUT2D eigenvalue weighted by Gasteiger charge is -2.33. The van der Waals surface area contributed by atoms with Crippen LogP contribution in [0, 0.1) is 11.3 Å². The van der Waals surface area contributed by atoms with Crippen LogP contribution in [0.3, 0.4) is 0 Å². The summed E-state index contributed by atoms with van der Waals surface area (Å²) in [7, 11) is 0. The van der Waals surface area contributed by atoms with Crippen LogP contribution in [0.2, 0.25) is 0 Å². The molecule has 1 atom stereocenters. The quantitative estimate of drug-likeness (QED) is 0.439. The van der Waals surface area contributed by atoms with Gasteiger partial charge < -0.3 is 9.69 Å². The van der Waals surface area contributed by atoms with E-state index in [1.165, 1.54) is 0 Å². The number of nitrogens with zero attached hydrogens (tertiary/aromatic N) is 4. The molecule has 1 aliphatic heterocycles. The highest BCUT2D eigenvalue weighted by molar-refractivity contribution is 6.03. The average Bonchev–Trinajstić information content (AvgIpc) is 2.88. The van der Waals surface area contributed by atoms with Crippen LogP contribution in [0.1, 0.15) is 16.7 Å². The molecule has 0 radical (unpaired) electrons. The summed E-state index contributed by atoms with van der Waals surface area (Å²) in [5.41, 5.74) is 5.53. The highest BCUT2D eigenvalue weighted by atomic mass is 16.1. The summed E-state index contributed by atoms with van der Waals surface area (Å²) in [5, 5.41) is 10.7. The van der Waals surface area contributed by atoms with Gasteiger partial charge in [0.1, 0.15) is 12.3 Å². The predicted octanol–water partition coefficient (Wildman–Crippen LogP) is 5.01. The van der Waals surface area contributed by atoms with Crippen LogP contribution >= 0.6 is 0 Å². The van der Waals surface area contributed by atoms with E-state index in [9.17, 15) is 10.1 Å². The third kappa shape index (κ3) is 3.34. The van der Waals surface area contributed by atoms with Crippen molar-refractivity contribution >= 4 is 34.0 Å². The Hall–Kier alpha value is -4.56. The molecule has 2 aromatic heterocycles. The maximum absolute atomic E-state index is 12.4. The molecule has 0 spiro atoms. The third-order valence-electron chi connectivity index (χ3n) is 5.58. The Balaban J connectivity index is 1.77. The first kappa shape index (κ1) is 19.4. The minimum absolute atomic E-state index is 0.522. The molecule has 3 heterocycles. The van der Waals surface area contributed by atoms with Gasteiger partial charge in [0, 0.05) is 35.1 Å². The molecule has 5 nitrogen and oxygen atoms in total. The lowest BCUT2D eigenvalue weighted by molar-refractivity contribution is -0.107. The van der Waals surface area contributed by atoms with Gasteiger partial charge in [-0.1, -0.05) is 42.5 Å². The highest BCUT2D eigenvalue weighted by Gasteiger charge is 2.29. The minimum Gasteiger partial charge on any atom is -0.332 e. The Bertz CT molecular complexity index is 1410. The van der Waals surface area contributed by atoms with Gasteiger partial charge >= 0.3 is 0 Å². The van der Waals surface area contributed by atoms with Gasteiger partial charge in [0.25, 0.3) is 0 Å². The molecule has 0 N–H and O–H groups in total. The number of anilines is 1. The molecule has 0 amide bonds. The van der Waals surface area contributed by atoms with Crippen LogP contribution in [0.5, 0.6) is 0 Å². The summed E-state index contributed by atoms with van der Waals surface area (Å²) in [6.07, 6.45) is 10.1. The molecule has 5 rings (SSSR count).